The second-order valence-electron chi connectivity index (χ2n) is 5.58. The molecular formula is C18H18N2O4. The number of fused-ring (bicyclic) bond motifs is 1. The molecule has 0 aliphatic carbocycles. The number of methoxy groups -OCH3 is 1. The fourth-order valence-electron chi connectivity index (χ4n) is 2.63. The number of hydrogen-bond donors (Lipinski definition) is 1. The topological polar surface area (TPSA) is 77.5 Å². The van der Waals surface area contributed by atoms with Gasteiger partial charge in [0.25, 0.3) is 5.69 Å². The number of furan rings is 1. The fourth-order valence-corrected chi connectivity index (χ4v) is 2.63. The molecule has 3 rings (SSSR count). The predicted molar refractivity (Wildman–Crippen MR) is 92.1 cm³/mol. The van der Waals surface area contributed by atoms with Crippen LogP contribution < -0.4 is 5.32 Å². The van der Waals surface area contributed by atoms with Gasteiger partial charge in [0.1, 0.15) is 11.3 Å². The minimum absolute atomic E-state index is 0.0454. The average Bonchev–Trinajstić information content (AvgIpc) is 3.00. The summed E-state index contributed by atoms with van der Waals surface area (Å²) in [5.74, 6) is 0.804. The molecule has 124 valence electrons. The number of ether oxygens (including phenoxy) is 1. The molecule has 1 N–H and O–H groups in total. The van der Waals surface area contributed by atoms with Crippen molar-refractivity contribution in [3.05, 3.63) is 70.0 Å². The number of benzene rings is 2. The number of rotatable bonds is 6. The zero-order chi connectivity index (χ0) is 17.1. The van der Waals surface area contributed by atoms with Crippen LogP contribution in [0.2, 0.25) is 0 Å². The third-order valence-electron chi connectivity index (χ3n) is 3.84. The number of nitrogens with one attached hydrogen (secondary N) is 1. The first kappa shape index (κ1) is 16.0. The van der Waals surface area contributed by atoms with Crippen LogP contribution in [-0.2, 0) is 11.3 Å². The van der Waals surface area contributed by atoms with Gasteiger partial charge in [0.15, 0.2) is 0 Å². The van der Waals surface area contributed by atoms with E-state index in [1.807, 2.05) is 37.3 Å². The van der Waals surface area contributed by atoms with Crippen LogP contribution in [-0.4, -0.2) is 12.0 Å². The van der Waals surface area contributed by atoms with Gasteiger partial charge in [0, 0.05) is 35.9 Å². The molecule has 0 saturated heterocycles. The van der Waals surface area contributed by atoms with E-state index in [0.29, 0.717) is 0 Å². The van der Waals surface area contributed by atoms with Gasteiger partial charge in [-0.2, -0.15) is 0 Å². The Kier molecular flexibility index (Phi) is 4.48. The highest BCUT2D eigenvalue weighted by molar-refractivity contribution is 5.78. The number of para-hydroxylation sites is 1. The number of hydrogen-bond acceptors (Lipinski definition) is 5. The summed E-state index contributed by atoms with van der Waals surface area (Å²) in [4.78, 5) is 10.5. The lowest BCUT2D eigenvalue weighted by molar-refractivity contribution is -0.384. The lowest BCUT2D eigenvalue weighted by Crippen LogP contribution is -2.08. The summed E-state index contributed by atoms with van der Waals surface area (Å²) in [6.45, 7) is 2.27. The van der Waals surface area contributed by atoms with Crippen molar-refractivity contribution < 1.29 is 14.1 Å². The van der Waals surface area contributed by atoms with Crippen LogP contribution in [0, 0.1) is 10.1 Å². The van der Waals surface area contributed by atoms with Crippen molar-refractivity contribution in [1.82, 2.24) is 0 Å². The van der Waals surface area contributed by atoms with Crippen LogP contribution in [0.25, 0.3) is 11.0 Å². The SMILES string of the molecule is COCc1cc([N+](=O)[O-])ccc1N[C@H](C)c1cc2ccccc2o1. The molecule has 0 bridgehead atoms. The Balaban J connectivity index is 1.87. The summed E-state index contributed by atoms with van der Waals surface area (Å²) >= 11 is 0. The first-order chi connectivity index (χ1) is 11.6. The van der Waals surface area contributed by atoms with E-state index < -0.39 is 4.92 Å². The first-order valence-electron chi connectivity index (χ1n) is 7.59. The number of nitro groups is 1. The molecule has 6 heteroatoms. The van der Waals surface area contributed by atoms with Crippen molar-refractivity contribution in [2.75, 3.05) is 12.4 Å². The van der Waals surface area contributed by atoms with Crippen LogP contribution in [0.1, 0.15) is 24.3 Å². The molecule has 24 heavy (non-hydrogen) atoms. The molecule has 0 radical (unpaired) electrons. The van der Waals surface area contributed by atoms with Crippen LogP contribution in [0.4, 0.5) is 11.4 Å². The average molecular weight is 326 g/mol. The molecule has 0 fully saturated rings. The molecule has 3 aromatic rings. The van der Waals surface area contributed by atoms with E-state index in [0.717, 1.165) is 28.0 Å². The van der Waals surface area contributed by atoms with Gasteiger partial charge < -0.3 is 14.5 Å². The number of non-ortho nitro benzene ring substituents is 1. The zero-order valence-electron chi connectivity index (χ0n) is 13.5. The van der Waals surface area contributed by atoms with Gasteiger partial charge in [0.05, 0.1) is 17.6 Å². The Morgan fingerprint density at radius 3 is 2.75 bits per heavy atom. The maximum absolute atomic E-state index is 10.9. The van der Waals surface area contributed by atoms with E-state index in [1.54, 1.807) is 13.2 Å². The van der Waals surface area contributed by atoms with Gasteiger partial charge in [-0.1, -0.05) is 18.2 Å². The van der Waals surface area contributed by atoms with Gasteiger partial charge in [-0.3, -0.25) is 10.1 Å². The molecule has 0 unspecified atom stereocenters. The van der Waals surface area contributed by atoms with Crippen molar-refractivity contribution in [3.8, 4) is 0 Å². The third-order valence-corrected chi connectivity index (χ3v) is 3.84. The fraction of sp³-hybridized carbons (Fsp3) is 0.222. The summed E-state index contributed by atoms with van der Waals surface area (Å²) in [5.41, 5.74) is 2.40. The molecule has 0 aliphatic rings. The lowest BCUT2D eigenvalue weighted by Gasteiger charge is -2.16. The standard InChI is InChI=1S/C18H18N2O4/c1-12(18-10-13-5-3-4-6-17(13)24-18)19-16-8-7-15(20(21)22)9-14(16)11-23-2/h3-10,12,19H,11H2,1-2H3/t12-/m1/s1. The smallest absolute Gasteiger partial charge is 0.269 e. The monoisotopic (exact) mass is 326 g/mol. The second kappa shape index (κ2) is 6.72. The molecule has 6 nitrogen and oxygen atoms in total. The highest BCUT2D eigenvalue weighted by Gasteiger charge is 2.15. The number of nitrogens with zero attached hydrogens (tertiary/aromatic N) is 1. The summed E-state index contributed by atoms with van der Waals surface area (Å²) < 4.78 is 11.0. The van der Waals surface area contributed by atoms with Gasteiger partial charge in [0.2, 0.25) is 0 Å². The quantitative estimate of drug-likeness (QED) is 0.526. The van der Waals surface area contributed by atoms with Crippen molar-refractivity contribution >= 4 is 22.3 Å². The Hall–Kier alpha value is -2.86. The van der Waals surface area contributed by atoms with Crippen LogP contribution in [0.3, 0.4) is 0 Å². The lowest BCUT2D eigenvalue weighted by atomic mass is 10.1. The Labute approximate surface area is 139 Å². The molecule has 1 atom stereocenters. The van der Waals surface area contributed by atoms with Gasteiger partial charge in [-0.15, -0.1) is 0 Å². The van der Waals surface area contributed by atoms with E-state index in [4.69, 9.17) is 9.15 Å². The van der Waals surface area contributed by atoms with Crippen LogP contribution >= 0.6 is 0 Å². The highest BCUT2D eigenvalue weighted by Crippen LogP contribution is 2.29. The second-order valence-corrected chi connectivity index (χ2v) is 5.58. The van der Waals surface area contributed by atoms with Crippen molar-refractivity contribution in [2.45, 2.75) is 19.6 Å². The molecule has 0 amide bonds. The largest absolute Gasteiger partial charge is 0.459 e. The van der Waals surface area contributed by atoms with Gasteiger partial charge >= 0.3 is 0 Å². The van der Waals surface area contributed by atoms with E-state index >= 15 is 0 Å². The van der Waals surface area contributed by atoms with E-state index in [1.165, 1.54) is 12.1 Å². The van der Waals surface area contributed by atoms with Crippen molar-refractivity contribution in [1.29, 1.82) is 0 Å². The zero-order valence-corrected chi connectivity index (χ0v) is 13.5. The van der Waals surface area contributed by atoms with Crippen LogP contribution in [0.15, 0.2) is 52.9 Å². The van der Waals surface area contributed by atoms with Gasteiger partial charge in [-0.05, 0) is 25.1 Å². The molecule has 0 aliphatic heterocycles. The number of nitro benzene ring substituents is 1. The minimum atomic E-state index is -0.411. The highest BCUT2D eigenvalue weighted by atomic mass is 16.6. The van der Waals surface area contributed by atoms with Crippen molar-refractivity contribution in [2.24, 2.45) is 0 Å². The third kappa shape index (κ3) is 3.23. The van der Waals surface area contributed by atoms with E-state index in [-0.39, 0.29) is 18.3 Å². The summed E-state index contributed by atoms with van der Waals surface area (Å²) in [6.07, 6.45) is 0. The van der Waals surface area contributed by atoms with Gasteiger partial charge in [-0.25, -0.2) is 0 Å². The minimum Gasteiger partial charge on any atom is -0.459 e. The van der Waals surface area contributed by atoms with E-state index in [2.05, 4.69) is 5.32 Å². The molecular weight excluding hydrogens is 308 g/mol. The van der Waals surface area contributed by atoms with E-state index in [9.17, 15) is 10.1 Å². The van der Waals surface area contributed by atoms with Crippen molar-refractivity contribution in [3.63, 3.8) is 0 Å². The summed E-state index contributed by atoms with van der Waals surface area (Å²) in [7, 11) is 1.56. The molecule has 1 aromatic heterocycles. The molecule has 2 aromatic carbocycles. The predicted octanol–water partition coefficient (Wildman–Crippen LogP) is 4.66. The molecule has 1 heterocycles. The molecule has 0 spiro atoms. The summed E-state index contributed by atoms with van der Waals surface area (Å²) in [6, 6.07) is 14.4. The van der Waals surface area contributed by atoms with Crippen LogP contribution in [0.5, 0.6) is 0 Å². The maximum atomic E-state index is 10.9. The first-order valence-corrected chi connectivity index (χ1v) is 7.59. The molecule has 0 saturated carbocycles. The Morgan fingerprint density at radius 1 is 1.25 bits per heavy atom. The maximum Gasteiger partial charge on any atom is 0.269 e. The Morgan fingerprint density at radius 2 is 2.04 bits per heavy atom. The normalized spacial score (nSPS) is 12.2. The number of anilines is 1. The Bertz CT molecular complexity index is 839. The summed E-state index contributed by atoms with van der Waals surface area (Å²) in [5, 5.41) is 15.3.